The Kier molecular flexibility index (Phi) is 4.19. The van der Waals surface area contributed by atoms with Crippen molar-refractivity contribution in [2.45, 2.75) is 37.0 Å². The average Bonchev–Trinajstić information content (AvgIpc) is 2.18. The molecule has 0 bridgehead atoms. The highest BCUT2D eigenvalue weighted by Gasteiger charge is 2.12. The topological polar surface area (TPSA) is 44.0 Å². The fourth-order valence-electron chi connectivity index (χ4n) is 1.12. The average molecular weight is 221 g/mol. The van der Waals surface area contributed by atoms with Crippen LogP contribution < -0.4 is 0 Å². The number of rotatable bonds is 3. The number of hydrogen-bond donors (Lipinski definition) is 1. The Labute approximate surface area is 94.9 Å². The van der Waals surface area contributed by atoms with Gasteiger partial charge < -0.3 is 5.11 Å². The number of nitriles is 1. The molecule has 0 aliphatic rings. The summed E-state index contributed by atoms with van der Waals surface area (Å²) in [4.78, 5) is 0.950. The normalized spacial score (nSPS) is 14.3. The summed E-state index contributed by atoms with van der Waals surface area (Å²) in [6.45, 7) is 5.72. The van der Waals surface area contributed by atoms with Gasteiger partial charge in [-0.25, -0.2) is 0 Å². The number of benzene rings is 1. The number of aliphatic hydroxyl groups excluding tert-OH is 1. The molecule has 80 valence electrons. The zero-order chi connectivity index (χ0) is 11.4. The van der Waals surface area contributed by atoms with Gasteiger partial charge in [-0.15, -0.1) is 11.8 Å². The number of hydrogen-bond acceptors (Lipinski definition) is 3. The van der Waals surface area contributed by atoms with Gasteiger partial charge in [-0.2, -0.15) is 5.26 Å². The Balaban J connectivity index is 2.93. The van der Waals surface area contributed by atoms with Crippen LogP contribution in [0.15, 0.2) is 23.1 Å². The molecule has 15 heavy (non-hydrogen) atoms. The molecule has 2 nitrogen and oxygen atoms in total. The van der Waals surface area contributed by atoms with Gasteiger partial charge in [0.25, 0.3) is 0 Å². The zero-order valence-electron chi connectivity index (χ0n) is 9.19. The summed E-state index contributed by atoms with van der Waals surface area (Å²) < 4.78 is 0. The summed E-state index contributed by atoms with van der Waals surface area (Å²) in [6.07, 6.45) is -0.373. The van der Waals surface area contributed by atoms with Gasteiger partial charge in [0.05, 0.1) is 11.7 Å². The molecule has 0 amide bonds. The van der Waals surface area contributed by atoms with E-state index in [4.69, 9.17) is 5.26 Å². The first kappa shape index (κ1) is 12.1. The third kappa shape index (κ3) is 3.26. The Morgan fingerprint density at radius 2 is 2.07 bits per heavy atom. The minimum Gasteiger partial charge on any atom is -0.392 e. The first-order valence-electron chi connectivity index (χ1n) is 4.90. The summed E-state index contributed by atoms with van der Waals surface area (Å²) in [5.74, 6) is 0. The monoisotopic (exact) mass is 221 g/mol. The van der Waals surface area contributed by atoms with Gasteiger partial charge in [-0.05, 0) is 31.5 Å². The summed E-state index contributed by atoms with van der Waals surface area (Å²) in [5.41, 5.74) is 1.81. The van der Waals surface area contributed by atoms with Gasteiger partial charge in [-0.1, -0.05) is 13.0 Å². The smallest absolute Gasteiger partial charge is 0.100 e. The van der Waals surface area contributed by atoms with E-state index in [-0.39, 0.29) is 11.4 Å². The van der Waals surface area contributed by atoms with Crippen molar-refractivity contribution in [2.24, 2.45) is 0 Å². The maximum Gasteiger partial charge on any atom is 0.100 e. The highest BCUT2D eigenvalue weighted by atomic mass is 32.2. The van der Waals surface area contributed by atoms with Gasteiger partial charge in [-0.3, -0.25) is 0 Å². The van der Waals surface area contributed by atoms with E-state index in [9.17, 15) is 5.11 Å². The third-order valence-electron chi connectivity index (χ3n) is 2.25. The summed E-state index contributed by atoms with van der Waals surface area (Å²) in [6, 6.07) is 7.90. The fraction of sp³-hybridized carbons (Fsp3) is 0.417. The minimum atomic E-state index is -0.373. The van der Waals surface area contributed by atoms with Gasteiger partial charge in [0, 0.05) is 10.1 Å². The molecule has 1 rings (SSSR count). The van der Waals surface area contributed by atoms with Crippen molar-refractivity contribution in [3.05, 3.63) is 29.3 Å². The fourth-order valence-corrected chi connectivity index (χ4v) is 2.21. The highest BCUT2D eigenvalue weighted by molar-refractivity contribution is 8.00. The maximum absolute atomic E-state index is 9.41. The van der Waals surface area contributed by atoms with Crippen LogP contribution in [0.3, 0.4) is 0 Å². The standard InChI is InChI=1S/C12H15NOS/c1-8-4-5-11(7-13)12(6-8)15-10(3)9(2)14/h4-6,9-10,14H,1-3H3. The molecule has 0 aliphatic carbocycles. The van der Waals surface area contributed by atoms with E-state index in [1.54, 1.807) is 18.7 Å². The molecule has 0 heterocycles. The molecule has 3 heteroatoms. The first-order chi connectivity index (χ1) is 7.04. The molecule has 0 radical (unpaired) electrons. The first-order valence-corrected chi connectivity index (χ1v) is 5.78. The maximum atomic E-state index is 9.41. The van der Waals surface area contributed by atoms with E-state index in [1.165, 1.54) is 0 Å². The van der Waals surface area contributed by atoms with Crippen LogP contribution in [0.2, 0.25) is 0 Å². The largest absolute Gasteiger partial charge is 0.392 e. The summed E-state index contributed by atoms with van der Waals surface area (Å²) in [5, 5.41) is 18.4. The molecule has 0 saturated carbocycles. The van der Waals surface area contributed by atoms with Crippen LogP contribution in [-0.2, 0) is 0 Å². The van der Waals surface area contributed by atoms with Gasteiger partial charge >= 0.3 is 0 Å². The second kappa shape index (κ2) is 5.20. The lowest BCUT2D eigenvalue weighted by Crippen LogP contribution is -2.15. The molecule has 1 aromatic carbocycles. The van der Waals surface area contributed by atoms with Crippen LogP contribution in [0.4, 0.5) is 0 Å². The Hall–Kier alpha value is -0.980. The van der Waals surface area contributed by atoms with Crippen molar-refractivity contribution in [1.82, 2.24) is 0 Å². The number of thioether (sulfide) groups is 1. The minimum absolute atomic E-state index is 0.0962. The van der Waals surface area contributed by atoms with Crippen molar-refractivity contribution in [3.63, 3.8) is 0 Å². The molecule has 1 N–H and O–H groups in total. The van der Waals surface area contributed by atoms with Crippen LogP contribution in [0.25, 0.3) is 0 Å². The van der Waals surface area contributed by atoms with Crippen molar-refractivity contribution in [1.29, 1.82) is 5.26 Å². The van der Waals surface area contributed by atoms with Crippen LogP contribution >= 0.6 is 11.8 Å². The van der Waals surface area contributed by atoms with Crippen molar-refractivity contribution >= 4 is 11.8 Å². The molecule has 2 unspecified atom stereocenters. The molecular formula is C12H15NOS. The SMILES string of the molecule is Cc1ccc(C#N)c(SC(C)C(C)O)c1. The summed E-state index contributed by atoms with van der Waals surface area (Å²) in [7, 11) is 0. The molecule has 0 fully saturated rings. The molecule has 0 aromatic heterocycles. The molecule has 1 aromatic rings. The number of aliphatic hydroxyl groups is 1. The van der Waals surface area contributed by atoms with Crippen LogP contribution in [0.5, 0.6) is 0 Å². The molecule has 0 spiro atoms. The predicted molar refractivity (Wildman–Crippen MR) is 62.9 cm³/mol. The Morgan fingerprint density at radius 3 is 2.60 bits per heavy atom. The number of aryl methyl sites for hydroxylation is 1. The number of nitrogens with zero attached hydrogens (tertiary/aromatic N) is 1. The summed E-state index contributed by atoms with van der Waals surface area (Å²) >= 11 is 1.54. The lowest BCUT2D eigenvalue weighted by Gasteiger charge is -2.15. The second-order valence-corrected chi connectivity index (χ2v) is 5.09. The second-order valence-electron chi connectivity index (χ2n) is 3.67. The zero-order valence-corrected chi connectivity index (χ0v) is 10.0. The van der Waals surface area contributed by atoms with Crippen LogP contribution in [0.1, 0.15) is 25.0 Å². The molecule has 2 atom stereocenters. The predicted octanol–water partition coefficient (Wildman–Crippen LogP) is 2.73. The highest BCUT2D eigenvalue weighted by Crippen LogP contribution is 2.28. The molecule has 0 aliphatic heterocycles. The van der Waals surface area contributed by atoms with E-state index in [2.05, 4.69) is 6.07 Å². The molecule has 0 saturated heterocycles. The van der Waals surface area contributed by atoms with Gasteiger partial charge in [0.1, 0.15) is 6.07 Å². The lowest BCUT2D eigenvalue weighted by atomic mass is 10.2. The van der Waals surface area contributed by atoms with Crippen molar-refractivity contribution < 1.29 is 5.11 Å². The van der Waals surface area contributed by atoms with E-state index < -0.39 is 0 Å². The lowest BCUT2D eigenvalue weighted by molar-refractivity contribution is 0.196. The quantitative estimate of drug-likeness (QED) is 0.798. The Morgan fingerprint density at radius 1 is 1.40 bits per heavy atom. The van der Waals surface area contributed by atoms with Crippen molar-refractivity contribution in [2.75, 3.05) is 0 Å². The third-order valence-corrected chi connectivity index (χ3v) is 3.61. The van der Waals surface area contributed by atoms with Crippen molar-refractivity contribution in [3.8, 4) is 6.07 Å². The van der Waals surface area contributed by atoms with E-state index in [0.717, 1.165) is 10.5 Å². The molecular weight excluding hydrogens is 206 g/mol. The van der Waals surface area contributed by atoms with Crippen LogP contribution in [-0.4, -0.2) is 16.5 Å². The van der Waals surface area contributed by atoms with Gasteiger partial charge in [0.15, 0.2) is 0 Å². The Bertz CT molecular complexity index is 382. The van der Waals surface area contributed by atoms with Gasteiger partial charge in [0.2, 0.25) is 0 Å². The van der Waals surface area contributed by atoms with E-state index in [1.807, 2.05) is 32.0 Å². The van der Waals surface area contributed by atoms with E-state index >= 15 is 0 Å². The van der Waals surface area contributed by atoms with Crippen LogP contribution in [0, 0.1) is 18.3 Å². The van der Waals surface area contributed by atoms with E-state index in [0.29, 0.717) is 5.56 Å².